The van der Waals surface area contributed by atoms with Crippen molar-refractivity contribution in [1.82, 2.24) is 4.90 Å². The quantitative estimate of drug-likeness (QED) is 0.292. The molecule has 0 aromatic heterocycles. The van der Waals surface area contributed by atoms with Crippen LogP contribution in [0, 0.1) is 17.3 Å². The highest BCUT2D eigenvalue weighted by Crippen LogP contribution is 2.38. The Hall–Kier alpha value is -4.40. The summed E-state index contributed by atoms with van der Waals surface area (Å²) in [5, 5.41) is 9.12. The molecule has 4 rings (SSSR count). The third kappa shape index (κ3) is 7.95. The molecule has 44 heavy (non-hydrogen) atoms. The van der Waals surface area contributed by atoms with Gasteiger partial charge in [-0.25, -0.2) is 0 Å². The molecular formula is C35H41NO8. The van der Waals surface area contributed by atoms with Crippen LogP contribution in [0.15, 0.2) is 66.5 Å². The van der Waals surface area contributed by atoms with Crippen molar-refractivity contribution in [3.05, 3.63) is 88.7 Å². The van der Waals surface area contributed by atoms with Crippen molar-refractivity contribution in [1.29, 1.82) is 0 Å². The van der Waals surface area contributed by atoms with E-state index in [1.165, 1.54) is 4.90 Å². The Bertz CT molecular complexity index is 1450. The van der Waals surface area contributed by atoms with Crippen LogP contribution in [0.5, 0.6) is 5.75 Å². The second kappa shape index (κ2) is 13.9. The van der Waals surface area contributed by atoms with E-state index in [4.69, 9.17) is 19.3 Å². The Morgan fingerprint density at radius 2 is 1.75 bits per heavy atom. The number of hydrogen-bond acceptors (Lipinski definition) is 7. The number of ether oxygens (including phenoxy) is 3. The minimum absolute atomic E-state index is 0.120. The summed E-state index contributed by atoms with van der Waals surface area (Å²) in [4.78, 5) is 51.9. The maximum atomic E-state index is 14.0. The molecule has 2 unspecified atom stereocenters. The summed E-state index contributed by atoms with van der Waals surface area (Å²) in [6.07, 6.45) is 8.03. The summed E-state index contributed by atoms with van der Waals surface area (Å²) >= 11 is 0. The molecule has 0 bridgehead atoms. The molecule has 0 heterocycles. The lowest BCUT2D eigenvalue weighted by atomic mass is 9.72. The van der Waals surface area contributed by atoms with Crippen LogP contribution in [0.1, 0.15) is 61.2 Å². The minimum atomic E-state index is -0.960. The standard InChI is InChI=1S/C35H41NO8/c1-6-43-32(39)21-36(33(40)23-9-7-22(8-10-23)17-31(37)38)30-20-27(42-5)15-16-29(30)26-12-11-25-19-28(14-13-24(25)18-26)44-34(41)35(2,3)4/h7-10,13-16,19-20,26,29-30H,6,11-12,17-18,21H2,1-5H3,(H,37,38)/t26-,29?,30?/m1/s1. The fourth-order valence-corrected chi connectivity index (χ4v) is 5.70. The number of benzene rings is 2. The fourth-order valence-electron chi connectivity index (χ4n) is 5.70. The van der Waals surface area contributed by atoms with Gasteiger partial charge in [-0.2, -0.15) is 0 Å². The van der Waals surface area contributed by atoms with Crippen molar-refractivity contribution in [2.75, 3.05) is 20.3 Å². The Morgan fingerprint density at radius 1 is 1.02 bits per heavy atom. The number of aryl methyl sites for hydroxylation is 1. The first-order valence-electron chi connectivity index (χ1n) is 14.9. The zero-order valence-electron chi connectivity index (χ0n) is 26.0. The van der Waals surface area contributed by atoms with Crippen molar-refractivity contribution in [3.63, 3.8) is 0 Å². The van der Waals surface area contributed by atoms with Crippen LogP contribution in [0.4, 0.5) is 0 Å². The highest BCUT2D eigenvalue weighted by Gasteiger charge is 2.38. The molecule has 2 aromatic carbocycles. The fraction of sp³-hybridized carbons (Fsp3) is 0.429. The molecule has 2 aliphatic rings. The number of methoxy groups -OCH3 is 1. The molecule has 0 aliphatic heterocycles. The van der Waals surface area contributed by atoms with E-state index in [-0.39, 0.29) is 43.3 Å². The second-order valence-electron chi connectivity index (χ2n) is 12.3. The lowest BCUT2D eigenvalue weighted by Gasteiger charge is -2.40. The van der Waals surface area contributed by atoms with E-state index in [2.05, 4.69) is 6.08 Å². The number of carboxylic acids is 1. The molecule has 1 amide bonds. The lowest BCUT2D eigenvalue weighted by molar-refractivity contribution is -0.144. The Kier molecular flexibility index (Phi) is 10.3. The first kappa shape index (κ1) is 32.5. The smallest absolute Gasteiger partial charge is 0.325 e. The molecule has 9 nitrogen and oxygen atoms in total. The summed E-state index contributed by atoms with van der Waals surface area (Å²) in [6.45, 7) is 7.11. The number of esters is 2. The number of aliphatic carboxylic acids is 1. The van der Waals surface area contributed by atoms with E-state index in [0.717, 1.165) is 30.4 Å². The van der Waals surface area contributed by atoms with Gasteiger partial charge < -0.3 is 24.2 Å². The van der Waals surface area contributed by atoms with E-state index in [1.54, 1.807) is 38.3 Å². The number of rotatable bonds is 10. The third-order valence-electron chi connectivity index (χ3n) is 8.04. The summed E-state index contributed by atoms with van der Waals surface area (Å²) in [7, 11) is 1.56. The normalized spacial score (nSPS) is 19.3. The highest BCUT2D eigenvalue weighted by molar-refractivity contribution is 5.96. The van der Waals surface area contributed by atoms with Gasteiger partial charge in [0.15, 0.2) is 0 Å². The van der Waals surface area contributed by atoms with Crippen LogP contribution in [0.3, 0.4) is 0 Å². The van der Waals surface area contributed by atoms with Gasteiger partial charge in [0.05, 0.1) is 31.6 Å². The maximum absolute atomic E-state index is 14.0. The van der Waals surface area contributed by atoms with Gasteiger partial charge in [0.1, 0.15) is 18.1 Å². The van der Waals surface area contributed by atoms with Crippen LogP contribution in [-0.4, -0.2) is 60.1 Å². The number of hydrogen-bond donors (Lipinski definition) is 1. The third-order valence-corrected chi connectivity index (χ3v) is 8.04. The molecule has 234 valence electrons. The summed E-state index contributed by atoms with van der Waals surface area (Å²) < 4.78 is 16.4. The molecule has 2 aromatic rings. The molecule has 3 atom stereocenters. The Balaban J connectivity index is 1.62. The van der Waals surface area contributed by atoms with Gasteiger partial charge in [0, 0.05) is 11.5 Å². The number of amides is 1. The molecule has 0 radical (unpaired) electrons. The van der Waals surface area contributed by atoms with Crippen LogP contribution >= 0.6 is 0 Å². The van der Waals surface area contributed by atoms with E-state index in [1.807, 2.05) is 51.1 Å². The predicted molar refractivity (Wildman–Crippen MR) is 164 cm³/mol. The SMILES string of the molecule is CCOC(=O)CN(C(=O)c1ccc(CC(=O)O)cc1)C1C=C(OC)C=CC1[C@@H]1CCc2cc(OC(=O)C(C)(C)C)ccc2C1. The topological polar surface area (TPSA) is 119 Å². The van der Waals surface area contributed by atoms with Gasteiger partial charge in [-0.1, -0.05) is 24.3 Å². The number of carboxylic acid groups (broad SMARTS) is 1. The van der Waals surface area contributed by atoms with Crippen LogP contribution in [0.2, 0.25) is 0 Å². The monoisotopic (exact) mass is 603 g/mol. The van der Waals surface area contributed by atoms with E-state index < -0.39 is 23.4 Å². The summed E-state index contributed by atoms with van der Waals surface area (Å²) in [5.74, 6) is -0.976. The van der Waals surface area contributed by atoms with Gasteiger partial charge in [-0.3, -0.25) is 19.2 Å². The van der Waals surface area contributed by atoms with E-state index >= 15 is 0 Å². The Morgan fingerprint density at radius 3 is 2.39 bits per heavy atom. The van der Waals surface area contributed by atoms with Gasteiger partial charge >= 0.3 is 17.9 Å². The van der Waals surface area contributed by atoms with E-state index in [0.29, 0.717) is 22.6 Å². The zero-order valence-corrected chi connectivity index (χ0v) is 26.0. The zero-order chi connectivity index (χ0) is 32.0. The van der Waals surface area contributed by atoms with Crippen molar-refractivity contribution >= 4 is 23.8 Å². The van der Waals surface area contributed by atoms with Crippen molar-refractivity contribution in [3.8, 4) is 5.75 Å². The minimum Gasteiger partial charge on any atom is -0.497 e. The molecule has 0 spiro atoms. The van der Waals surface area contributed by atoms with Gasteiger partial charge in [-0.05, 0) is 106 Å². The van der Waals surface area contributed by atoms with E-state index in [9.17, 15) is 19.2 Å². The maximum Gasteiger partial charge on any atom is 0.325 e. The Labute approximate surface area is 258 Å². The largest absolute Gasteiger partial charge is 0.497 e. The summed E-state index contributed by atoms with van der Waals surface area (Å²) in [5.41, 5.74) is 2.60. The molecule has 9 heteroatoms. The number of allylic oxidation sites excluding steroid dienone is 1. The number of fused-ring (bicyclic) bond motifs is 1. The number of carbonyl (C=O) groups excluding carboxylic acids is 3. The van der Waals surface area contributed by atoms with Gasteiger partial charge in [0.2, 0.25) is 0 Å². The van der Waals surface area contributed by atoms with Crippen molar-refractivity contribution < 1.29 is 38.5 Å². The molecular weight excluding hydrogens is 562 g/mol. The van der Waals surface area contributed by atoms with Crippen LogP contribution < -0.4 is 4.74 Å². The molecule has 2 aliphatic carbocycles. The average molecular weight is 604 g/mol. The van der Waals surface area contributed by atoms with Crippen molar-refractivity contribution in [2.45, 2.75) is 59.4 Å². The van der Waals surface area contributed by atoms with Crippen LogP contribution in [-0.2, 0) is 43.1 Å². The lowest BCUT2D eigenvalue weighted by Crippen LogP contribution is -2.49. The predicted octanol–water partition coefficient (Wildman–Crippen LogP) is 5.16. The second-order valence-corrected chi connectivity index (χ2v) is 12.3. The molecule has 1 N–H and O–H groups in total. The first-order valence-corrected chi connectivity index (χ1v) is 14.9. The number of nitrogens with zero attached hydrogens (tertiary/aromatic N) is 1. The van der Waals surface area contributed by atoms with Crippen molar-refractivity contribution in [2.24, 2.45) is 17.3 Å². The van der Waals surface area contributed by atoms with Crippen LogP contribution in [0.25, 0.3) is 0 Å². The molecule has 0 saturated heterocycles. The first-order chi connectivity index (χ1) is 20.9. The molecule has 0 saturated carbocycles. The number of carbonyl (C=O) groups is 4. The van der Waals surface area contributed by atoms with Gasteiger partial charge in [0.25, 0.3) is 5.91 Å². The van der Waals surface area contributed by atoms with Gasteiger partial charge in [-0.15, -0.1) is 0 Å². The average Bonchev–Trinajstić information content (AvgIpc) is 2.98. The molecule has 0 fully saturated rings. The summed E-state index contributed by atoms with van der Waals surface area (Å²) in [6, 6.07) is 11.7. The highest BCUT2D eigenvalue weighted by atomic mass is 16.5.